The van der Waals surface area contributed by atoms with Crippen LogP contribution in [0.3, 0.4) is 0 Å². The van der Waals surface area contributed by atoms with Gasteiger partial charge in [-0.05, 0) is 17.2 Å². The number of amides is 1. The second-order valence-corrected chi connectivity index (χ2v) is 8.24. The Morgan fingerprint density at radius 1 is 1.12 bits per heavy atom. The fourth-order valence-electron chi connectivity index (χ4n) is 3.69. The first-order chi connectivity index (χ1) is 16.0. The van der Waals surface area contributed by atoms with Crippen LogP contribution < -0.4 is 10.1 Å². The number of para-hydroxylation sites is 1. The molecule has 1 fully saturated rings. The van der Waals surface area contributed by atoms with E-state index >= 15 is 0 Å². The summed E-state index contributed by atoms with van der Waals surface area (Å²) in [5.74, 6) is -4.87. The second-order valence-electron chi connectivity index (χ2n) is 8.24. The quantitative estimate of drug-likeness (QED) is 0.452. The first kappa shape index (κ1) is 25.7. The zero-order valence-corrected chi connectivity index (χ0v) is 18.7. The summed E-state index contributed by atoms with van der Waals surface area (Å²) < 4.78 is 38.2. The van der Waals surface area contributed by atoms with Gasteiger partial charge in [-0.1, -0.05) is 42.5 Å². The highest BCUT2D eigenvalue weighted by Crippen LogP contribution is 2.33. The number of aliphatic hydroxyl groups excluding tert-OH is 3. The van der Waals surface area contributed by atoms with Gasteiger partial charge >= 0.3 is 5.92 Å². The molecule has 8 nitrogen and oxygen atoms in total. The van der Waals surface area contributed by atoms with Crippen LogP contribution in [0.2, 0.25) is 0 Å². The van der Waals surface area contributed by atoms with E-state index in [9.17, 15) is 33.7 Å². The summed E-state index contributed by atoms with van der Waals surface area (Å²) in [7, 11) is 0. The number of carbonyl (C=O) groups is 2. The molecule has 1 aliphatic heterocycles. The maximum Gasteiger partial charge on any atom is 0.302 e. The molecule has 0 radical (unpaired) electrons. The number of aliphatic hydroxyl groups is 3. The number of hydrogen-bond acceptors (Lipinski definition) is 7. The van der Waals surface area contributed by atoms with Crippen LogP contribution in [0.25, 0.3) is 11.1 Å². The van der Waals surface area contributed by atoms with Gasteiger partial charge in [-0.2, -0.15) is 8.78 Å². The lowest BCUT2D eigenvalue weighted by Gasteiger charge is -2.42. The second kappa shape index (κ2) is 10.6. The summed E-state index contributed by atoms with van der Waals surface area (Å²) in [6, 6.07) is 12.1. The van der Waals surface area contributed by atoms with Gasteiger partial charge in [0.25, 0.3) is 0 Å². The molecule has 34 heavy (non-hydrogen) atoms. The highest BCUT2D eigenvalue weighted by atomic mass is 19.3. The number of nitrogens with one attached hydrogen (secondary N) is 1. The lowest BCUT2D eigenvalue weighted by molar-refractivity contribution is -0.244. The Hall–Kier alpha value is -2.92. The van der Waals surface area contributed by atoms with E-state index in [1.54, 1.807) is 48.5 Å². The molecule has 5 atom stereocenters. The minimum atomic E-state index is -3.44. The van der Waals surface area contributed by atoms with Gasteiger partial charge < -0.3 is 30.1 Å². The number of benzene rings is 2. The molecule has 4 N–H and O–H groups in total. The zero-order valence-electron chi connectivity index (χ0n) is 18.7. The van der Waals surface area contributed by atoms with Crippen molar-refractivity contribution in [1.29, 1.82) is 0 Å². The third-order valence-corrected chi connectivity index (χ3v) is 5.47. The maximum absolute atomic E-state index is 13.3. The molecular formula is C24H27F2NO7. The van der Waals surface area contributed by atoms with Crippen molar-refractivity contribution in [2.24, 2.45) is 0 Å². The predicted molar refractivity (Wildman–Crippen MR) is 117 cm³/mol. The third-order valence-electron chi connectivity index (χ3n) is 5.47. The van der Waals surface area contributed by atoms with Gasteiger partial charge in [0.1, 0.15) is 30.1 Å². The molecule has 3 rings (SSSR count). The third kappa shape index (κ3) is 5.95. The Balaban J connectivity index is 1.91. The number of alkyl halides is 2. The first-order valence-electron chi connectivity index (χ1n) is 10.7. The Kier molecular flexibility index (Phi) is 7.98. The van der Waals surface area contributed by atoms with Crippen LogP contribution >= 0.6 is 0 Å². The van der Waals surface area contributed by atoms with Crippen LogP contribution in [0.15, 0.2) is 48.5 Å². The van der Waals surface area contributed by atoms with Crippen molar-refractivity contribution < 1.29 is 43.2 Å². The maximum atomic E-state index is 13.3. The average Bonchev–Trinajstić information content (AvgIpc) is 2.78. The number of carbonyl (C=O) groups excluding carboxylic acids is 2. The number of ether oxygens (including phenoxy) is 2. The van der Waals surface area contributed by atoms with Gasteiger partial charge in [0, 0.05) is 25.8 Å². The molecule has 1 heterocycles. The smallest absolute Gasteiger partial charge is 0.302 e. The van der Waals surface area contributed by atoms with Crippen LogP contribution in [-0.2, 0) is 20.7 Å². The Bertz CT molecular complexity index is 1030. The normalized spacial score (nSPS) is 25.0. The highest BCUT2D eigenvalue weighted by molar-refractivity contribution is 5.87. The van der Waals surface area contributed by atoms with Gasteiger partial charge in [0.05, 0.1) is 6.61 Å². The number of ketones is 1. The van der Waals surface area contributed by atoms with Crippen LogP contribution in [0.1, 0.15) is 19.4 Å². The number of Topliss-reactive ketones (excluding diaryl/α,β-unsaturated/α-hetero) is 1. The van der Waals surface area contributed by atoms with Gasteiger partial charge in [0.2, 0.25) is 18.0 Å². The van der Waals surface area contributed by atoms with Crippen LogP contribution in [0.5, 0.6) is 5.75 Å². The standard InChI is InChI=1S/C24H27F2NO7/c1-13(29)27-20-22(32)21(31)18(12-28)34-23(20)33-17-9-4-3-8-16(17)15-7-5-6-14(10-15)11-19(30)24(2,25)26/h3-10,18,20-23,28,31-32H,11-12H2,1-2H3,(H,27,29). The summed E-state index contributed by atoms with van der Waals surface area (Å²) in [6.45, 7) is 1.20. The summed E-state index contributed by atoms with van der Waals surface area (Å²) >= 11 is 0. The molecule has 1 aliphatic rings. The lowest BCUT2D eigenvalue weighted by Crippen LogP contribution is -2.65. The van der Waals surface area contributed by atoms with Crippen molar-refractivity contribution in [3.8, 4) is 16.9 Å². The van der Waals surface area contributed by atoms with Gasteiger partial charge in [-0.3, -0.25) is 9.59 Å². The fourth-order valence-corrected chi connectivity index (χ4v) is 3.69. The van der Waals surface area contributed by atoms with Crippen molar-refractivity contribution in [2.75, 3.05) is 6.61 Å². The van der Waals surface area contributed by atoms with Gasteiger partial charge in [-0.25, -0.2) is 0 Å². The van der Waals surface area contributed by atoms with E-state index in [-0.39, 0.29) is 5.75 Å². The number of hydrogen-bond donors (Lipinski definition) is 4. The zero-order chi connectivity index (χ0) is 25.0. The minimum Gasteiger partial charge on any atom is -0.462 e. The SMILES string of the molecule is CC(=O)NC1C(Oc2ccccc2-c2cccc(CC(=O)C(C)(F)F)c2)OC(CO)C(O)C1O. The average molecular weight is 479 g/mol. The van der Waals surface area contributed by atoms with Crippen molar-refractivity contribution in [2.45, 2.75) is 56.8 Å². The van der Waals surface area contributed by atoms with Crippen LogP contribution in [-0.4, -0.2) is 70.2 Å². The molecule has 1 amide bonds. The van der Waals surface area contributed by atoms with E-state index in [2.05, 4.69) is 5.32 Å². The fraction of sp³-hybridized carbons (Fsp3) is 0.417. The highest BCUT2D eigenvalue weighted by Gasteiger charge is 2.46. The van der Waals surface area contributed by atoms with Crippen molar-refractivity contribution in [3.05, 3.63) is 54.1 Å². The van der Waals surface area contributed by atoms with Gasteiger partial charge in [-0.15, -0.1) is 0 Å². The summed E-state index contributed by atoms with van der Waals surface area (Å²) in [5.41, 5.74) is 1.50. The molecule has 0 spiro atoms. The summed E-state index contributed by atoms with van der Waals surface area (Å²) in [6.07, 6.45) is -5.79. The molecular weight excluding hydrogens is 452 g/mol. The molecule has 2 aromatic carbocycles. The van der Waals surface area contributed by atoms with Crippen molar-refractivity contribution in [1.82, 2.24) is 5.32 Å². The van der Waals surface area contributed by atoms with Crippen LogP contribution in [0, 0.1) is 0 Å². The molecule has 1 saturated heterocycles. The predicted octanol–water partition coefficient (Wildman–Crippen LogP) is 1.44. The van der Waals surface area contributed by atoms with E-state index in [0.29, 0.717) is 23.6 Å². The molecule has 0 aromatic heterocycles. The Morgan fingerprint density at radius 2 is 1.82 bits per heavy atom. The monoisotopic (exact) mass is 479 g/mol. The topological polar surface area (TPSA) is 125 Å². The Labute approximate surface area is 195 Å². The Morgan fingerprint density at radius 3 is 2.47 bits per heavy atom. The summed E-state index contributed by atoms with van der Waals surface area (Å²) in [4.78, 5) is 23.4. The number of halogens is 2. The van der Waals surface area contributed by atoms with E-state index in [1.165, 1.54) is 6.92 Å². The van der Waals surface area contributed by atoms with Crippen molar-refractivity contribution in [3.63, 3.8) is 0 Å². The molecule has 5 unspecified atom stereocenters. The number of rotatable bonds is 8. The molecule has 0 aliphatic carbocycles. The molecule has 2 aromatic rings. The molecule has 10 heteroatoms. The van der Waals surface area contributed by atoms with E-state index in [1.807, 2.05) is 0 Å². The van der Waals surface area contributed by atoms with Crippen LogP contribution in [0.4, 0.5) is 8.78 Å². The molecule has 0 saturated carbocycles. The molecule has 184 valence electrons. The summed E-state index contributed by atoms with van der Waals surface area (Å²) in [5, 5.41) is 32.6. The largest absolute Gasteiger partial charge is 0.462 e. The van der Waals surface area contributed by atoms with Gasteiger partial charge in [0.15, 0.2) is 0 Å². The van der Waals surface area contributed by atoms with E-state index < -0.39 is 61.3 Å². The van der Waals surface area contributed by atoms with E-state index in [4.69, 9.17) is 9.47 Å². The first-order valence-corrected chi connectivity index (χ1v) is 10.7. The van der Waals surface area contributed by atoms with E-state index in [0.717, 1.165) is 0 Å². The lowest BCUT2D eigenvalue weighted by atomic mass is 9.96. The van der Waals surface area contributed by atoms with Crippen molar-refractivity contribution >= 4 is 11.7 Å². The minimum absolute atomic E-state index is 0.271. The molecule has 0 bridgehead atoms.